The van der Waals surface area contributed by atoms with Gasteiger partial charge in [-0.1, -0.05) is 38.3 Å². The maximum Gasteiger partial charge on any atom is 0.251 e. The van der Waals surface area contributed by atoms with Gasteiger partial charge in [-0.3, -0.25) is 4.79 Å². The molecule has 0 atom stereocenters. The SMILES string of the molecule is Cc1cc(C(=O)NCCCCC(C)C)cc(Cl)n1. The average Bonchev–Trinajstić information content (AvgIpc) is 2.26. The molecule has 0 aliphatic rings. The molecule has 1 aromatic rings. The number of hydrogen-bond donors (Lipinski definition) is 1. The summed E-state index contributed by atoms with van der Waals surface area (Å²) >= 11 is 5.82. The first-order chi connectivity index (χ1) is 8.49. The van der Waals surface area contributed by atoms with Crippen LogP contribution in [0.2, 0.25) is 5.15 Å². The number of nitrogens with one attached hydrogen (secondary N) is 1. The van der Waals surface area contributed by atoms with Crippen molar-refractivity contribution in [3.63, 3.8) is 0 Å². The van der Waals surface area contributed by atoms with E-state index in [0.29, 0.717) is 17.3 Å². The number of halogens is 1. The third kappa shape index (κ3) is 5.50. The number of unbranched alkanes of at least 4 members (excludes halogenated alkanes) is 1. The molecule has 0 unspecified atom stereocenters. The van der Waals surface area contributed by atoms with E-state index in [-0.39, 0.29) is 5.91 Å². The van der Waals surface area contributed by atoms with Crippen LogP contribution in [0.3, 0.4) is 0 Å². The molecule has 0 spiro atoms. The van der Waals surface area contributed by atoms with Crippen LogP contribution in [-0.4, -0.2) is 17.4 Å². The Hall–Kier alpha value is -1.09. The lowest BCUT2D eigenvalue weighted by molar-refractivity contribution is 0.0952. The van der Waals surface area contributed by atoms with Crippen LogP contribution >= 0.6 is 11.6 Å². The monoisotopic (exact) mass is 268 g/mol. The van der Waals surface area contributed by atoms with Gasteiger partial charge in [0, 0.05) is 17.8 Å². The number of carbonyl (C=O) groups excluding carboxylic acids is 1. The van der Waals surface area contributed by atoms with Crippen molar-refractivity contribution in [3.05, 3.63) is 28.5 Å². The third-order valence-electron chi connectivity index (χ3n) is 2.68. The van der Waals surface area contributed by atoms with Crippen LogP contribution in [0.4, 0.5) is 0 Å². The number of pyridine rings is 1. The number of hydrogen-bond acceptors (Lipinski definition) is 2. The minimum Gasteiger partial charge on any atom is -0.352 e. The van der Waals surface area contributed by atoms with Crippen molar-refractivity contribution < 1.29 is 4.79 Å². The summed E-state index contributed by atoms with van der Waals surface area (Å²) in [6, 6.07) is 3.34. The average molecular weight is 269 g/mol. The standard InChI is InChI=1S/C14H21ClN2O/c1-10(2)6-4-5-7-16-14(18)12-8-11(3)17-13(15)9-12/h8-10H,4-7H2,1-3H3,(H,16,18). The van der Waals surface area contributed by atoms with E-state index in [1.165, 1.54) is 6.42 Å². The molecule has 18 heavy (non-hydrogen) atoms. The van der Waals surface area contributed by atoms with E-state index in [9.17, 15) is 4.79 Å². The van der Waals surface area contributed by atoms with Crippen molar-refractivity contribution in [1.29, 1.82) is 0 Å². The van der Waals surface area contributed by atoms with E-state index in [1.807, 2.05) is 6.92 Å². The van der Waals surface area contributed by atoms with Crippen molar-refractivity contribution in [2.75, 3.05) is 6.54 Å². The Balaban J connectivity index is 2.36. The van der Waals surface area contributed by atoms with E-state index < -0.39 is 0 Å². The Kier molecular flexibility index (Phi) is 6.13. The van der Waals surface area contributed by atoms with Crippen LogP contribution in [0.25, 0.3) is 0 Å². The van der Waals surface area contributed by atoms with Gasteiger partial charge < -0.3 is 5.32 Å². The normalized spacial score (nSPS) is 10.7. The number of amides is 1. The lowest BCUT2D eigenvalue weighted by Crippen LogP contribution is -2.24. The lowest BCUT2D eigenvalue weighted by atomic mass is 10.1. The first-order valence-electron chi connectivity index (χ1n) is 6.41. The van der Waals surface area contributed by atoms with Crippen LogP contribution < -0.4 is 5.32 Å². The van der Waals surface area contributed by atoms with Crippen LogP contribution in [0.15, 0.2) is 12.1 Å². The first-order valence-corrected chi connectivity index (χ1v) is 6.79. The Morgan fingerprint density at radius 2 is 2.11 bits per heavy atom. The highest BCUT2D eigenvalue weighted by molar-refractivity contribution is 6.29. The van der Waals surface area contributed by atoms with Crippen molar-refractivity contribution >= 4 is 17.5 Å². The van der Waals surface area contributed by atoms with E-state index in [2.05, 4.69) is 24.1 Å². The van der Waals surface area contributed by atoms with E-state index in [4.69, 9.17) is 11.6 Å². The molecule has 0 aromatic carbocycles. The fourth-order valence-electron chi connectivity index (χ4n) is 1.74. The molecule has 0 aliphatic carbocycles. The number of aromatic nitrogens is 1. The minimum atomic E-state index is -0.0769. The third-order valence-corrected chi connectivity index (χ3v) is 2.87. The maximum atomic E-state index is 11.8. The summed E-state index contributed by atoms with van der Waals surface area (Å²) in [5, 5.41) is 3.26. The summed E-state index contributed by atoms with van der Waals surface area (Å²) in [7, 11) is 0. The second-order valence-corrected chi connectivity index (χ2v) is 5.35. The van der Waals surface area contributed by atoms with Gasteiger partial charge in [-0.25, -0.2) is 4.98 Å². The predicted molar refractivity (Wildman–Crippen MR) is 75.0 cm³/mol. The molecule has 0 radical (unpaired) electrons. The summed E-state index contributed by atoms with van der Waals surface area (Å²) in [5.41, 5.74) is 1.34. The maximum absolute atomic E-state index is 11.8. The number of aryl methyl sites for hydroxylation is 1. The molecule has 0 saturated heterocycles. The summed E-state index contributed by atoms with van der Waals surface area (Å²) in [6.07, 6.45) is 3.37. The molecule has 0 bridgehead atoms. The van der Waals surface area contributed by atoms with Gasteiger partial charge in [-0.05, 0) is 31.4 Å². The Morgan fingerprint density at radius 1 is 1.39 bits per heavy atom. The van der Waals surface area contributed by atoms with Gasteiger partial charge in [0.05, 0.1) is 0 Å². The highest BCUT2D eigenvalue weighted by atomic mass is 35.5. The van der Waals surface area contributed by atoms with Crippen LogP contribution in [0.1, 0.15) is 49.2 Å². The smallest absolute Gasteiger partial charge is 0.251 e. The zero-order valence-electron chi connectivity index (χ0n) is 11.3. The second-order valence-electron chi connectivity index (χ2n) is 4.97. The van der Waals surface area contributed by atoms with E-state index in [0.717, 1.165) is 24.5 Å². The van der Waals surface area contributed by atoms with Gasteiger partial charge in [-0.2, -0.15) is 0 Å². The highest BCUT2D eigenvalue weighted by Gasteiger charge is 2.07. The molecule has 1 aromatic heterocycles. The van der Waals surface area contributed by atoms with Crippen molar-refractivity contribution in [2.45, 2.75) is 40.0 Å². The Bertz CT molecular complexity index is 385. The fraction of sp³-hybridized carbons (Fsp3) is 0.571. The molecule has 3 nitrogen and oxygen atoms in total. The molecule has 100 valence electrons. The second kappa shape index (κ2) is 7.37. The first kappa shape index (κ1) is 15.0. The van der Waals surface area contributed by atoms with Gasteiger partial charge in [0.2, 0.25) is 0 Å². The summed E-state index contributed by atoms with van der Waals surface area (Å²) in [4.78, 5) is 15.9. The fourth-order valence-corrected chi connectivity index (χ4v) is 1.99. The molecule has 0 aliphatic heterocycles. The summed E-state index contributed by atoms with van der Waals surface area (Å²) in [5.74, 6) is 0.648. The molecule has 0 saturated carbocycles. The van der Waals surface area contributed by atoms with Crippen LogP contribution in [-0.2, 0) is 0 Å². The number of carbonyl (C=O) groups is 1. The van der Waals surface area contributed by atoms with Gasteiger partial charge in [0.25, 0.3) is 5.91 Å². The number of nitrogens with zero attached hydrogens (tertiary/aromatic N) is 1. The van der Waals surface area contributed by atoms with E-state index in [1.54, 1.807) is 12.1 Å². The Morgan fingerprint density at radius 3 is 2.72 bits per heavy atom. The van der Waals surface area contributed by atoms with Crippen molar-refractivity contribution in [2.24, 2.45) is 5.92 Å². The molecule has 4 heteroatoms. The van der Waals surface area contributed by atoms with Crippen LogP contribution in [0.5, 0.6) is 0 Å². The summed E-state index contributed by atoms with van der Waals surface area (Å²) in [6.45, 7) is 6.95. The highest BCUT2D eigenvalue weighted by Crippen LogP contribution is 2.10. The summed E-state index contributed by atoms with van der Waals surface area (Å²) < 4.78 is 0. The van der Waals surface area contributed by atoms with Gasteiger partial charge in [0.1, 0.15) is 5.15 Å². The zero-order valence-corrected chi connectivity index (χ0v) is 12.0. The number of rotatable bonds is 6. The molecule has 0 fully saturated rings. The molecule has 1 rings (SSSR count). The molecule has 1 amide bonds. The molecule has 1 heterocycles. The molecular formula is C14H21ClN2O. The van der Waals surface area contributed by atoms with Gasteiger partial charge in [-0.15, -0.1) is 0 Å². The molecular weight excluding hydrogens is 248 g/mol. The topological polar surface area (TPSA) is 42.0 Å². The lowest BCUT2D eigenvalue weighted by Gasteiger charge is -2.07. The minimum absolute atomic E-state index is 0.0769. The Labute approximate surface area is 114 Å². The largest absolute Gasteiger partial charge is 0.352 e. The van der Waals surface area contributed by atoms with Crippen molar-refractivity contribution in [1.82, 2.24) is 10.3 Å². The quantitative estimate of drug-likeness (QED) is 0.633. The van der Waals surface area contributed by atoms with Gasteiger partial charge >= 0.3 is 0 Å². The van der Waals surface area contributed by atoms with Gasteiger partial charge in [0.15, 0.2) is 0 Å². The van der Waals surface area contributed by atoms with E-state index >= 15 is 0 Å². The zero-order chi connectivity index (χ0) is 13.5. The molecule has 1 N–H and O–H groups in total. The van der Waals surface area contributed by atoms with Crippen LogP contribution in [0, 0.1) is 12.8 Å². The predicted octanol–water partition coefficient (Wildman–Crippen LogP) is 3.60. The van der Waals surface area contributed by atoms with Crippen molar-refractivity contribution in [3.8, 4) is 0 Å².